The summed E-state index contributed by atoms with van der Waals surface area (Å²) in [5.74, 6) is 1.83. The molecular weight excluding hydrogens is 399 g/mol. The third-order valence-electron chi connectivity index (χ3n) is 5.99. The van der Waals surface area contributed by atoms with Crippen LogP contribution in [0.2, 0.25) is 0 Å². The maximum atomic E-state index is 4.55. The van der Waals surface area contributed by atoms with Gasteiger partial charge in [0.25, 0.3) is 0 Å². The summed E-state index contributed by atoms with van der Waals surface area (Å²) in [5.41, 5.74) is 0.624. The average Bonchev–Trinajstić information content (AvgIpc) is 3.24. The Hall–Kier alpha value is -0.0400. The fourth-order valence-electron chi connectivity index (χ4n) is 4.72. The van der Waals surface area contributed by atoms with Crippen molar-refractivity contribution in [2.75, 3.05) is 46.3 Å². The zero-order valence-electron chi connectivity index (χ0n) is 15.0. The Morgan fingerprint density at radius 3 is 2.43 bits per heavy atom. The van der Waals surface area contributed by atoms with Crippen LogP contribution in [0.25, 0.3) is 0 Å². The standard InChI is InChI=1S/C18H34N4.HI/c1-16(14-21-10-5-6-11-21)13-20-17(19-2)22-12-9-18(15-22)7-3-4-8-18;/h16H,3-15H2,1-2H3,(H,19,20);1H. The predicted octanol–water partition coefficient (Wildman–Crippen LogP) is 3.18. The van der Waals surface area contributed by atoms with Gasteiger partial charge in [-0.25, -0.2) is 0 Å². The van der Waals surface area contributed by atoms with E-state index in [1.165, 1.54) is 77.7 Å². The zero-order valence-corrected chi connectivity index (χ0v) is 17.3. The highest BCUT2D eigenvalue weighted by atomic mass is 127. The summed E-state index contributed by atoms with van der Waals surface area (Å²) in [7, 11) is 1.94. The van der Waals surface area contributed by atoms with Crippen LogP contribution in [0.15, 0.2) is 4.99 Å². The highest BCUT2D eigenvalue weighted by Gasteiger charge is 2.41. The van der Waals surface area contributed by atoms with E-state index in [2.05, 4.69) is 27.0 Å². The molecule has 3 aliphatic rings. The van der Waals surface area contributed by atoms with Crippen molar-refractivity contribution in [3.63, 3.8) is 0 Å². The summed E-state index contributed by atoms with van der Waals surface area (Å²) >= 11 is 0. The predicted molar refractivity (Wildman–Crippen MR) is 109 cm³/mol. The number of nitrogens with zero attached hydrogens (tertiary/aromatic N) is 3. The fraction of sp³-hybridized carbons (Fsp3) is 0.944. The third-order valence-corrected chi connectivity index (χ3v) is 5.99. The van der Waals surface area contributed by atoms with Crippen molar-refractivity contribution in [3.8, 4) is 0 Å². The average molecular weight is 434 g/mol. The number of rotatable bonds is 4. The van der Waals surface area contributed by atoms with Crippen molar-refractivity contribution in [3.05, 3.63) is 0 Å². The fourth-order valence-corrected chi connectivity index (χ4v) is 4.72. The molecule has 0 aromatic rings. The molecule has 23 heavy (non-hydrogen) atoms. The lowest BCUT2D eigenvalue weighted by atomic mass is 9.86. The summed E-state index contributed by atoms with van der Waals surface area (Å²) in [6.45, 7) is 9.66. The molecule has 2 aliphatic heterocycles. The number of aliphatic imine (C=N–C) groups is 1. The number of halogens is 1. The Kier molecular flexibility index (Phi) is 7.45. The maximum absolute atomic E-state index is 4.55. The van der Waals surface area contributed by atoms with Crippen LogP contribution in [0, 0.1) is 11.3 Å². The first-order chi connectivity index (χ1) is 10.7. The van der Waals surface area contributed by atoms with E-state index in [9.17, 15) is 0 Å². The lowest BCUT2D eigenvalue weighted by Gasteiger charge is -2.27. The molecule has 0 aromatic carbocycles. The van der Waals surface area contributed by atoms with Gasteiger partial charge in [0.05, 0.1) is 0 Å². The second-order valence-corrected chi connectivity index (χ2v) is 7.92. The van der Waals surface area contributed by atoms with Crippen molar-refractivity contribution in [2.24, 2.45) is 16.3 Å². The van der Waals surface area contributed by atoms with E-state index in [1.807, 2.05) is 7.05 Å². The Bertz CT molecular complexity index is 386. The van der Waals surface area contributed by atoms with Crippen LogP contribution >= 0.6 is 24.0 Å². The second kappa shape index (κ2) is 8.88. The molecule has 1 unspecified atom stereocenters. The highest BCUT2D eigenvalue weighted by molar-refractivity contribution is 14.0. The molecular formula is C18H35IN4. The molecule has 1 aliphatic carbocycles. The summed E-state index contributed by atoms with van der Waals surface area (Å²) < 4.78 is 0. The van der Waals surface area contributed by atoms with Crippen molar-refractivity contribution >= 4 is 29.9 Å². The van der Waals surface area contributed by atoms with Crippen LogP contribution in [0.3, 0.4) is 0 Å². The van der Waals surface area contributed by atoms with Gasteiger partial charge in [0, 0.05) is 33.2 Å². The Labute approximate surface area is 159 Å². The third kappa shape index (κ3) is 4.97. The molecule has 3 fully saturated rings. The van der Waals surface area contributed by atoms with E-state index < -0.39 is 0 Å². The molecule has 1 atom stereocenters. The Morgan fingerprint density at radius 1 is 1.09 bits per heavy atom. The topological polar surface area (TPSA) is 30.9 Å². The van der Waals surface area contributed by atoms with Gasteiger partial charge in [-0.3, -0.25) is 4.99 Å². The van der Waals surface area contributed by atoms with Gasteiger partial charge >= 0.3 is 0 Å². The van der Waals surface area contributed by atoms with Gasteiger partial charge in [-0.05, 0) is 56.5 Å². The Morgan fingerprint density at radius 2 is 1.78 bits per heavy atom. The first-order valence-electron chi connectivity index (χ1n) is 9.39. The highest BCUT2D eigenvalue weighted by Crippen LogP contribution is 2.45. The Balaban J connectivity index is 0.00000192. The number of likely N-dealkylation sites (tertiary alicyclic amines) is 2. The lowest BCUT2D eigenvalue weighted by molar-refractivity contribution is 0.284. The minimum absolute atomic E-state index is 0. The van der Waals surface area contributed by atoms with Crippen LogP contribution in [0.5, 0.6) is 0 Å². The molecule has 0 amide bonds. The summed E-state index contributed by atoms with van der Waals surface area (Å²) in [6, 6.07) is 0. The van der Waals surface area contributed by atoms with Gasteiger partial charge in [0.1, 0.15) is 0 Å². The first-order valence-corrected chi connectivity index (χ1v) is 9.39. The van der Waals surface area contributed by atoms with Crippen molar-refractivity contribution in [1.82, 2.24) is 15.1 Å². The van der Waals surface area contributed by atoms with Gasteiger partial charge in [0.2, 0.25) is 0 Å². The zero-order chi connectivity index (χ0) is 15.4. The van der Waals surface area contributed by atoms with Crippen molar-refractivity contribution < 1.29 is 0 Å². The molecule has 134 valence electrons. The molecule has 5 heteroatoms. The van der Waals surface area contributed by atoms with Crippen molar-refractivity contribution in [1.29, 1.82) is 0 Å². The van der Waals surface area contributed by atoms with Crippen LogP contribution in [0.1, 0.15) is 51.9 Å². The molecule has 0 aromatic heterocycles. The quantitative estimate of drug-likeness (QED) is 0.419. The van der Waals surface area contributed by atoms with Crippen molar-refractivity contribution in [2.45, 2.75) is 51.9 Å². The smallest absolute Gasteiger partial charge is 0.193 e. The van der Waals surface area contributed by atoms with E-state index in [1.54, 1.807) is 0 Å². The van der Waals surface area contributed by atoms with Crippen LogP contribution in [0.4, 0.5) is 0 Å². The molecule has 1 saturated carbocycles. The van der Waals surface area contributed by atoms with Gasteiger partial charge in [-0.15, -0.1) is 24.0 Å². The molecule has 0 bridgehead atoms. The van der Waals surface area contributed by atoms with Gasteiger partial charge in [-0.2, -0.15) is 0 Å². The monoisotopic (exact) mass is 434 g/mol. The van der Waals surface area contributed by atoms with Gasteiger partial charge < -0.3 is 15.1 Å². The van der Waals surface area contributed by atoms with E-state index in [4.69, 9.17) is 0 Å². The molecule has 1 spiro atoms. The van der Waals surface area contributed by atoms with E-state index in [0.717, 1.165) is 12.5 Å². The van der Waals surface area contributed by atoms with Crippen LogP contribution < -0.4 is 5.32 Å². The van der Waals surface area contributed by atoms with Crippen LogP contribution in [-0.4, -0.2) is 62.1 Å². The maximum Gasteiger partial charge on any atom is 0.193 e. The number of hydrogen-bond donors (Lipinski definition) is 1. The van der Waals surface area contributed by atoms with E-state index in [-0.39, 0.29) is 24.0 Å². The lowest BCUT2D eigenvalue weighted by Crippen LogP contribution is -2.43. The normalized spacial score (nSPS) is 25.8. The minimum atomic E-state index is 0. The van der Waals surface area contributed by atoms with Crippen LogP contribution in [-0.2, 0) is 0 Å². The first kappa shape index (κ1) is 19.3. The molecule has 1 N–H and O–H groups in total. The van der Waals surface area contributed by atoms with E-state index >= 15 is 0 Å². The minimum Gasteiger partial charge on any atom is -0.356 e. The number of guanidine groups is 1. The largest absolute Gasteiger partial charge is 0.356 e. The molecule has 3 rings (SSSR count). The van der Waals surface area contributed by atoms with Gasteiger partial charge in [-0.1, -0.05) is 19.8 Å². The SMILES string of the molecule is CN=C(NCC(C)CN1CCCC1)N1CCC2(CCCC2)C1.I. The molecule has 4 nitrogen and oxygen atoms in total. The van der Waals surface area contributed by atoms with E-state index in [0.29, 0.717) is 11.3 Å². The number of hydrogen-bond acceptors (Lipinski definition) is 2. The summed E-state index contributed by atoms with van der Waals surface area (Å²) in [6.07, 6.45) is 9.89. The van der Waals surface area contributed by atoms with Gasteiger partial charge in [0.15, 0.2) is 5.96 Å². The number of nitrogens with one attached hydrogen (secondary N) is 1. The molecule has 2 saturated heterocycles. The molecule has 2 heterocycles. The summed E-state index contributed by atoms with van der Waals surface area (Å²) in [4.78, 5) is 9.66. The summed E-state index contributed by atoms with van der Waals surface area (Å²) in [5, 5.41) is 3.64. The molecule has 0 radical (unpaired) electrons. The second-order valence-electron chi connectivity index (χ2n) is 7.92.